The van der Waals surface area contributed by atoms with Gasteiger partial charge >= 0.3 is 0 Å². The lowest BCUT2D eigenvalue weighted by atomic mass is 10.2. The summed E-state index contributed by atoms with van der Waals surface area (Å²) < 4.78 is 0. The van der Waals surface area contributed by atoms with E-state index in [-0.39, 0.29) is 5.91 Å². The van der Waals surface area contributed by atoms with E-state index in [4.69, 9.17) is 5.73 Å². The summed E-state index contributed by atoms with van der Waals surface area (Å²) in [5.74, 6) is 0.695. The normalized spacial score (nSPS) is 16.5. The molecule has 0 radical (unpaired) electrons. The highest BCUT2D eigenvalue weighted by Gasteiger charge is 2.22. The second-order valence-corrected chi connectivity index (χ2v) is 7.28. The number of anilines is 2. The Morgan fingerprint density at radius 2 is 1.95 bits per heavy atom. The number of nitrogens with zero attached hydrogens (tertiary/aromatic N) is 3. The Morgan fingerprint density at radius 1 is 1.33 bits per heavy atom. The summed E-state index contributed by atoms with van der Waals surface area (Å²) in [6.45, 7) is 9.83. The van der Waals surface area contributed by atoms with E-state index in [1.165, 1.54) is 11.3 Å². The van der Waals surface area contributed by atoms with Gasteiger partial charge in [-0.1, -0.05) is 13.8 Å². The average Bonchev–Trinajstić information content (AvgIpc) is 2.80. The molecule has 0 spiro atoms. The number of piperazine rings is 1. The Kier molecular flexibility index (Phi) is 5.11. The number of hydrogen-bond donors (Lipinski definition) is 1. The summed E-state index contributed by atoms with van der Waals surface area (Å²) in [6.07, 6.45) is 0. The third kappa shape index (κ3) is 3.89. The van der Waals surface area contributed by atoms with E-state index in [9.17, 15) is 4.79 Å². The van der Waals surface area contributed by atoms with Gasteiger partial charge in [0.1, 0.15) is 4.88 Å². The van der Waals surface area contributed by atoms with Crippen molar-refractivity contribution in [3.63, 3.8) is 0 Å². The fraction of sp³-hybridized carbons (Fsp3) is 0.667. The summed E-state index contributed by atoms with van der Waals surface area (Å²) in [4.78, 5) is 19.1. The van der Waals surface area contributed by atoms with Crippen molar-refractivity contribution < 1.29 is 4.79 Å². The van der Waals surface area contributed by atoms with Gasteiger partial charge in [-0.25, -0.2) is 0 Å². The lowest BCUT2D eigenvalue weighted by molar-refractivity contribution is 0.0833. The zero-order valence-electron chi connectivity index (χ0n) is 13.4. The smallest absolute Gasteiger partial charge is 0.265 e. The number of rotatable bonds is 4. The van der Waals surface area contributed by atoms with Gasteiger partial charge in [0, 0.05) is 46.8 Å². The zero-order valence-corrected chi connectivity index (χ0v) is 14.2. The number of hydrogen-bond acceptors (Lipinski definition) is 5. The van der Waals surface area contributed by atoms with E-state index in [1.54, 1.807) is 19.0 Å². The molecular formula is C15H26N4OS. The van der Waals surface area contributed by atoms with Crippen LogP contribution in [0.3, 0.4) is 0 Å². The van der Waals surface area contributed by atoms with Gasteiger partial charge in [-0.3, -0.25) is 9.69 Å². The first-order valence-electron chi connectivity index (χ1n) is 7.46. The maximum Gasteiger partial charge on any atom is 0.265 e. The lowest BCUT2D eigenvalue weighted by Crippen LogP contribution is -2.47. The molecule has 0 unspecified atom stereocenters. The van der Waals surface area contributed by atoms with E-state index in [0.717, 1.165) is 37.7 Å². The number of nitrogens with two attached hydrogens (primary N) is 1. The molecule has 118 valence electrons. The van der Waals surface area contributed by atoms with Crippen molar-refractivity contribution in [1.29, 1.82) is 0 Å². The number of carbonyl (C=O) groups excluding carboxylic acids is 1. The highest BCUT2D eigenvalue weighted by Crippen LogP contribution is 2.33. The Morgan fingerprint density at radius 3 is 2.48 bits per heavy atom. The number of amides is 1. The lowest BCUT2D eigenvalue weighted by Gasteiger charge is -2.36. The number of carbonyl (C=O) groups is 1. The van der Waals surface area contributed by atoms with Crippen molar-refractivity contribution in [2.24, 2.45) is 5.92 Å². The average molecular weight is 310 g/mol. The van der Waals surface area contributed by atoms with E-state index in [1.807, 2.05) is 6.07 Å². The van der Waals surface area contributed by atoms with Crippen LogP contribution in [0.5, 0.6) is 0 Å². The Hall–Kier alpha value is -1.27. The minimum Gasteiger partial charge on any atom is -0.397 e. The van der Waals surface area contributed by atoms with Crippen LogP contribution in [0.15, 0.2) is 6.07 Å². The molecule has 6 heteroatoms. The molecule has 0 bridgehead atoms. The van der Waals surface area contributed by atoms with Crippen molar-refractivity contribution >= 4 is 27.9 Å². The molecule has 21 heavy (non-hydrogen) atoms. The van der Waals surface area contributed by atoms with Crippen LogP contribution in [0.2, 0.25) is 0 Å². The maximum absolute atomic E-state index is 12.1. The van der Waals surface area contributed by atoms with Crippen LogP contribution in [-0.4, -0.2) is 62.5 Å². The van der Waals surface area contributed by atoms with Crippen molar-refractivity contribution in [3.8, 4) is 0 Å². The van der Waals surface area contributed by atoms with Gasteiger partial charge in [0.25, 0.3) is 5.91 Å². The maximum atomic E-state index is 12.1. The molecule has 0 saturated carbocycles. The summed E-state index contributed by atoms with van der Waals surface area (Å²) in [5, 5.41) is 1.11. The quantitative estimate of drug-likeness (QED) is 0.921. The summed E-state index contributed by atoms with van der Waals surface area (Å²) >= 11 is 1.51. The molecule has 1 aromatic heterocycles. The largest absolute Gasteiger partial charge is 0.397 e. The first kappa shape index (κ1) is 16.1. The topological polar surface area (TPSA) is 52.8 Å². The molecule has 1 aliphatic rings. The first-order chi connectivity index (χ1) is 9.88. The molecule has 0 aliphatic carbocycles. The Balaban J connectivity index is 2.01. The fourth-order valence-corrected chi connectivity index (χ4v) is 3.74. The van der Waals surface area contributed by atoms with E-state index in [2.05, 4.69) is 23.6 Å². The molecule has 1 fully saturated rings. The van der Waals surface area contributed by atoms with Gasteiger partial charge < -0.3 is 15.5 Å². The van der Waals surface area contributed by atoms with Crippen LogP contribution < -0.4 is 10.6 Å². The standard InChI is InChI=1S/C15H26N4OS/c1-11(2)10-18-5-7-19(8-6-18)13-9-12(16)14(21-13)15(20)17(3)4/h9,11H,5-8,10,16H2,1-4H3. The predicted molar refractivity (Wildman–Crippen MR) is 90.2 cm³/mol. The van der Waals surface area contributed by atoms with Gasteiger partial charge in [-0.05, 0) is 12.0 Å². The van der Waals surface area contributed by atoms with Crippen molar-refractivity contribution in [2.45, 2.75) is 13.8 Å². The van der Waals surface area contributed by atoms with Crippen LogP contribution in [0.1, 0.15) is 23.5 Å². The molecule has 1 saturated heterocycles. The van der Waals surface area contributed by atoms with Crippen LogP contribution in [0.25, 0.3) is 0 Å². The SMILES string of the molecule is CC(C)CN1CCN(c2cc(N)c(C(=O)N(C)C)s2)CC1. The molecule has 5 nitrogen and oxygen atoms in total. The highest BCUT2D eigenvalue weighted by molar-refractivity contribution is 7.18. The van der Waals surface area contributed by atoms with Crippen LogP contribution in [-0.2, 0) is 0 Å². The molecule has 0 aromatic carbocycles. The summed E-state index contributed by atoms with van der Waals surface area (Å²) in [6, 6.07) is 1.94. The van der Waals surface area contributed by atoms with Crippen molar-refractivity contribution in [3.05, 3.63) is 10.9 Å². The molecule has 2 rings (SSSR count). The molecular weight excluding hydrogens is 284 g/mol. The fourth-order valence-electron chi connectivity index (χ4n) is 2.58. The van der Waals surface area contributed by atoms with Gasteiger partial charge in [0.15, 0.2) is 0 Å². The monoisotopic (exact) mass is 310 g/mol. The van der Waals surface area contributed by atoms with E-state index >= 15 is 0 Å². The third-order valence-electron chi connectivity index (χ3n) is 3.66. The second kappa shape index (κ2) is 6.66. The van der Waals surface area contributed by atoms with Gasteiger partial charge in [0.2, 0.25) is 0 Å². The van der Waals surface area contributed by atoms with Crippen LogP contribution >= 0.6 is 11.3 Å². The molecule has 2 N–H and O–H groups in total. The minimum absolute atomic E-state index is 0.0119. The molecule has 1 aromatic rings. The van der Waals surface area contributed by atoms with Gasteiger partial charge in [0.05, 0.1) is 10.7 Å². The van der Waals surface area contributed by atoms with Crippen LogP contribution in [0, 0.1) is 5.92 Å². The molecule has 1 amide bonds. The number of thiophene rings is 1. The van der Waals surface area contributed by atoms with Crippen molar-refractivity contribution in [1.82, 2.24) is 9.80 Å². The summed E-state index contributed by atoms with van der Waals surface area (Å²) in [7, 11) is 3.51. The Bertz CT molecular complexity index is 490. The van der Waals surface area contributed by atoms with E-state index in [0.29, 0.717) is 16.5 Å². The molecule has 2 heterocycles. The molecule has 0 atom stereocenters. The van der Waals surface area contributed by atoms with Crippen LogP contribution in [0.4, 0.5) is 10.7 Å². The third-order valence-corrected chi connectivity index (χ3v) is 4.86. The zero-order chi connectivity index (χ0) is 15.6. The van der Waals surface area contributed by atoms with Gasteiger partial charge in [-0.15, -0.1) is 11.3 Å². The van der Waals surface area contributed by atoms with Crippen molar-refractivity contribution in [2.75, 3.05) is 57.5 Å². The molecule has 1 aliphatic heterocycles. The van der Waals surface area contributed by atoms with Gasteiger partial charge in [-0.2, -0.15) is 0 Å². The highest BCUT2D eigenvalue weighted by atomic mass is 32.1. The van der Waals surface area contributed by atoms with E-state index < -0.39 is 0 Å². The minimum atomic E-state index is -0.0119. The summed E-state index contributed by atoms with van der Waals surface area (Å²) in [5.41, 5.74) is 6.60. The number of nitrogen functional groups attached to an aromatic ring is 1. The predicted octanol–water partition coefficient (Wildman–Crippen LogP) is 1.81. The second-order valence-electron chi connectivity index (χ2n) is 6.25. The Labute approximate surface area is 131 Å². The first-order valence-corrected chi connectivity index (χ1v) is 8.28.